The van der Waals surface area contributed by atoms with E-state index in [-0.39, 0.29) is 68.2 Å². The Kier molecular flexibility index (Phi) is 11.0. The van der Waals surface area contributed by atoms with E-state index < -0.39 is 23.5 Å². The first-order valence-electron chi connectivity index (χ1n) is 15.5. The average molecular weight is 598 g/mol. The van der Waals surface area contributed by atoms with Gasteiger partial charge in [-0.05, 0) is 129 Å². The monoisotopic (exact) mass is 597 g/mol. The zero-order valence-corrected chi connectivity index (χ0v) is 28.9. The molecule has 4 unspecified atom stereocenters. The van der Waals surface area contributed by atoms with Crippen molar-refractivity contribution < 1.29 is 69.4 Å². The van der Waals surface area contributed by atoms with E-state index in [0.717, 1.165) is 70.1 Å². The molecule has 4 atom stereocenters. The van der Waals surface area contributed by atoms with Crippen LogP contribution in [0.15, 0.2) is 0 Å². The van der Waals surface area contributed by atoms with Crippen LogP contribution in [-0.2, 0) is 23.7 Å². The van der Waals surface area contributed by atoms with Crippen molar-refractivity contribution in [2.45, 2.75) is 123 Å². The Hall–Kier alpha value is -0.765. The molecule has 8 bridgehead atoms. The molecule has 8 saturated carbocycles. The van der Waals surface area contributed by atoms with E-state index in [4.69, 9.17) is 18.9 Å². The number of hydrogen-bond acceptors (Lipinski definition) is 8. The summed E-state index contributed by atoms with van der Waals surface area (Å²) in [5, 5.41) is 10.2. The van der Waals surface area contributed by atoms with Gasteiger partial charge in [-0.15, -0.1) is 0 Å². The minimum Gasteiger partial charge on any atom is -1.00 e. The van der Waals surface area contributed by atoms with Crippen LogP contribution in [0.5, 0.6) is 0 Å². The molecule has 1 N–H and O–H groups in total. The molecule has 0 heterocycles. The Balaban J connectivity index is 0.000000281. The van der Waals surface area contributed by atoms with E-state index in [1.165, 1.54) is 0 Å². The van der Waals surface area contributed by atoms with Gasteiger partial charge in [0, 0.05) is 31.1 Å². The van der Waals surface area contributed by atoms with Gasteiger partial charge in [0.05, 0.1) is 6.10 Å². The van der Waals surface area contributed by atoms with E-state index in [1.807, 2.05) is 41.5 Å². The summed E-state index contributed by atoms with van der Waals surface area (Å²) in [5.41, 5.74) is -0.878. The second-order valence-corrected chi connectivity index (χ2v) is 16.2. The zero-order valence-electron chi connectivity index (χ0n) is 27.9. The first kappa shape index (κ1) is 35.7. The molecule has 0 amide bonds. The number of ether oxygens (including phenoxy) is 4. The molecule has 8 nitrogen and oxygen atoms in total. The third-order valence-corrected chi connectivity index (χ3v) is 10.2. The van der Waals surface area contributed by atoms with Gasteiger partial charge in [-0.3, -0.25) is 4.79 Å². The average Bonchev–Trinajstić information content (AvgIpc) is 2.81. The maximum atomic E-state index is 12.1. The molecule has 0 spiro atoms. The van der Waals surface area contributed by atoms with Crippen LogP contribution in [0.25, 0.3) is 0 Å². The number of carbonyl (C=O) groups excluding carboxylic acids is 3. The molecule has 3 radical (unpaired) electrons. The first-order chi connectivity index (χ1) is 18.5. The van der Waals surface area contributed by atoms with E-state index in [1.54, 1.807) is 0 Å². The molecular formula is C32H51BNaO8. The Morgan fingerprint density at radius 2 is 1.12 bits per heavy atom. The summed E-state index contributed by atoms with van der Waals surface area (Å²) < 4.78 is 21.2. The molecule has 8 aliphatic rings. The third-order valence-electron chi connectivity index (χ3n) is 10.2. The SMILES string of the molecule is CC(C)(C)OC(=O)OCC12CC3CC(C1)C(=O)C(C3)C2.CC(C)(C)OC(=O)OCC12CC3CC(C1)C(O)C(C3)C2.[B].[H-].[Na+]. The van der Waals surface area contributed by atoms with Gasteiger partial charge >= 0.3 is 41.9 Å². The van der Waals surface area contributed by atoms with E-state index in [0.29, 0.717) is 36.8 Å². The van der Waals surface area contributed by atoms with Crippen molar-refractivity contribution in [3.8, 4) is 0 Å². The number of Topliss-reactive ketones (excluding diaryl/α,β-unsaturated/α-hetero) is 1. The summed E-state index contributed by atoms with van der Waals surface area (Å²) in [4.78, 5) is 35.5. The van der Waals surface area contributed by atoms with Gasteiger partial charge in [0.25, 0.3) is 0 Å². The van der Waals surface area contributed by atoms with E-state index in [2.05, 4.69) is 0 Å². The van der Waals surface area contributed by atoms with Crippen molar-refractivity contribution in [3.05, 3.63) is 0 Å². The molecule has 0 aromatic heterocycles. The van der Waals surface area contributed by atoms with Crippen molar-refractivity contribution in [2.24, 2.45) is 46.3 Å². The molecular weight excluding hydrogens is 546 g/mol. The van der Waals surface area contributed by atoms with Gasteiger partial charge < -0.3 is 25.5 Å². The minimum absolute atomic E-state index is 0. The maximum Gasteiger partial charge on any atom is 1.00 e. The summed E-state index contributed by atoms with van der Waals surface area (Å²) in [6, 6.07) is 0. The largest absolute Gasteiger partial charge is 1.00 e. The van der Waals surface area contributed by atoms with Gasteiger partial charge in [0.1, 0.15) is 30.2 Å². The number of aliphatic hydroxyl groups excluding tert-OH is 1. The summed E-state index contributed by atoms with van der Waals surface area (Å²) in [5.74, 6) is 3.14. The van der Waals surface area contributed by atoms with E-state index in [9.17, 15) is 19.5 Å². The molecule has 42 heavy (non-hydrogen) atoms. The second kappa shape index (κ2) is 12.9. The Labute approximate surface area is 277 Å². The predicted molar refractivity (Wildman–Crippen MR) is 154 cm³/mol. The van der Waals surface area contributed by atoms with Crippen LogP contribution in [0, 0.1) is 46.3 Å². The third kappa shape index (κ3) is 8.28. The molecule has 8 rings (SSSR count). The summed E-state index contributed by atoms with van der Waals surface area (Å²) in [6.07, 6.45) is 9.24. The summed E-state index contributed by atoms with van der Waals surface area (Å²) in [7, 11) is 0. The molecule has 8 fully saturated rings. The minimum atomic E-state index is -0.584. The number of ketones is 1. The van der Waals surface area contributed by atoms with Crippen LogP contribution in [0.4, 0.5) is 9.59 Å². The predicted octanol–water partition coefficient (Wildman–Crippen LogP) is 3.19. The standard InChI is InChI=1S/C16H26O4.C16H24O4.B.Na.H/c2*1-15(2,3)20-14(18)19-9-16-6-10-4-11(7-16)13(17)12(5-10)8-16;;;/h10-13,17H,4-9H2,1-3H3;10-12H,4-9H2,1-3H3;;;/q;;;+1;-1. The fourth-order valence-corrected chi connectivity index (χ4v) is 9.41. The topological polar surface area (TPSA) is 108 Å². The summed E-state index contributed by atoms with van der Waals surface area (Å²) >= 11 is 0. The van der Waals surface area contributed by atoms with E-state index >= 15 is 0 Å². The molecule has 0 aliphatic heterocycles. The van der Waals surface area contributed by atoms with Crippen LogP contribution in [0.2, 0.25) is 0 Å². The van der Waals surface area contributed by atoms with Crippen LogP contribution in [0.1, 0.15) is 107 Å². The number of hydrogen-bond donors (Lipinski definition) is 1. The quantitative estimate of drug-likeness (QED) is 0.389. The van der Waals surface area contributed by atoms with Gasteiger partial charge in [0.2, 0.25) is 0 Å². The Morgan fingerprint density at radius 3 is 1.52 bits per heavy atom. The van der Waals surface area contributed by atoms with Crippen LogP contribution in [0.3, 0.4) is 0 Å². The first-order valence-corrected chi connectivity index (χ1v) is 15.5. The number of carbonyl (C=O) groups is 3. The smallest absolute Gasteiger partial charge is 1.00 e. The Morgan fingerprint density at radius 1 is 0.738 bits per heavy atom. The van der Waals surface area contributed by atoms with Crippen molar-refractivity contribution in [2.75, 3.05) is 13.2 Å². The van der Waals surface area contributed by atoms with Gasteiger partial charge in [-0.1, -0.05) is 0 Å². The van der Waals surface area contributed by atoms with Gasteiger partial charge in [-0.2, -0.15) is 0 Å². The molecule has 0 aromatic carbocycles. The zero-order chi connectivity index (χ0) is 29.1. The van der Waals surface area contributed by atoms with Crippen molar-refractivity contribution in [3.63, 3.8) is 0 Å². The van der Waals surface area contributed by atoms with Gasteiger partial charge in [-0.25, -0.2) is 9.59 Å². The number of rotatable bonds is 4. The van der Waals surface area contributed by atoms with Crippen molar-refractivity contribution >= 4 is 26.5 Å². The maximum absolute atomic E-state index is 12.1. The molecule has 231 valence electrons. The van der Waals surface area contributed by atoms with Gasteiger partial charge in [0.15, 0.2) is 0 Å². The molecule has 0 aromatic rings. The van der Waals surface area contributed by atoms with Crippen LogP contribution >= 0.6 is 0 Å². The molecule has 8 aliphatic carbocycles. The normalized spacial score (nSPS) is 38.8. The van der Waals surface area contributed by atoms with Crippen molar-refractivity contribution in [1.82, 2.24) is 0 Å². The fraction of sp³-hybridized carbons (Fsp3) is 0.906. The summed E-state index contributed by atoms with van der Waals surface area (Å²) in [6.45, 7) is 11.9. The fourth-order valence-electron chi connectivity index (χ4n) is 9.41. The molecule has 0 saturated heterocycles. The number of aliphatic hydroxyl groups is 1. The van der Waals surface area contributed by atoms with Crippen molar-refractivity contribution in [1.29, 1.82) is 0 Å². The Bertz CT molecular complexity index is 976. The molecule has 10 heteroatoms. The van der Waals surface area contributed by atoms with Crippen LogP contribution < -0.4 is 29.6 Å². The second-order valence-electron chi connectivity index (χ2n) is 16.2. The van der Waals surface area contributed by atoms with Crippen LogP contribution in [-0.4, -0.2) is 62.1 Å².